The molecule has 5 heteroatoms. The van der Waals surface area contributed by atoms with Crippen molar-refractivity contribution in [3.63, 3.8) is 0 Å². The van der Waals surface area contributed by atoms with Gasteiger partial charge >= 0.3 is 0 Å². The molecule has 0 aliphatic heterocycles. The van der Waals surface area contributed by atoms with Crippen LogP contribution in [0.25, 0.3) is 0 Å². The van der Waals surface area contributed by atoms with Crippen molar-refractivity contribution in [3.05, 3.63) is 65.2 Å². The lowest BCUT2D eigenvalue weighted by Gasteiger charge is -2.23. The molecule has 0 saturated carbocycles. The molecule has 0 fully saturated rings. The molecule has 0 unspecified atom stereocenters. The van der Waals surface area contributed by atoms with E-state index >= 15 is 0 Å². The zero-order valence-electron chi connectivity index (χ0n) is 20.4. The van der Waals surface area contributed by atoms with E-state index in [2.05, 4.69) is 29.3 Å². The summed E-state index contributed by atoms with van der Waals surface area (Å²) in [6, 6.07) is 17.5. The van der Waals surface area contributed by atoms with Crippen LogP contribution in [-0.4, -0.2) is 29.6 Å². The van der Waals surface area contributed by atoms with Gasteiger partial charge in [-0.2, -0.15) is 5.10 Å². The largest absolute Gasteiger partial charge is 0.343 e. The Hall–Kier alpha value is -2.33. The van der Waals surface area contributed by atoms with Crippen molar-refractivity contribution in [3.8, 4) is 0 Å². The molecule has 0 radical (unpaired) electrons. The summed E-state index contributed by atoms with van der Waals surface area (Å²) in [5.74, 6) is 0.234. The third-order valence-corrected chi connectivity index (χ3v) is 6.01. The molecular formula is C28H40ClN3O. The highest BCUT2D eigenvalue weighted by atomic mass is 35.5. The van der Waals surface area contributed by atoms with E-state index < -0.39 is 0 Å². The molecule has 0 spiro atoms. The van der Waals surface area contributed by atoms with Crippen molar-refractivity contribution in [2.45, 2.75) is 78.1 Å². The number of hydrogen-bond acceptors (Lipinski definition) is 3. The quantitative estimate of drug-likeness (QED) is 0.154. The Kier molecular flexibility index (Phi) is 13.3. The van der Waals surface area contributed by atoms with Gasteiger partial charge in [0.1, 0.15) is 0 Å². The predicted octanol–water partition coefficient (Wildman–Crippen LogP) is 7.93. The maximum absolute atomic E-state index is 13.2. The fourth-order valence-electron chi connectivity index (χ4n) is 3.76. The second-order valence-electron chi connectivity index (χ2n) is 8.55. The molecule has 0 aliphatic rings. The number of hydrogen-bond donors (Lipinski definition) is 1. The third kappa shape index (κ3) is 10.9. The van der Waals surface area contributed by atoms with Crippen LogP contribution in [0.1, 0.15) is 83.6 Å². The minimum Gasteiger partial charge on any atom is -0.343 e. The first-order chi connectivity index (χ1) is 16.1. The molecule has 4 nitrogen and oxygen atoms in total. The molecule has 1 N–H and O–H groups in total. The smallest absolute Gasteiger partial charge is 0.222 e. The van der Waals surface area contributed by atoms with Gasteiger partial charge in [0.15, 0.2) is 0 Å². The van der Waals surface area contributed by atoms with Crippen molar-refractivity contribution in [1.29, 1.82) is 0 Å². The lowest BCUT2D eigenvalue weighted by molar-refractivity contribution is -0.131. The summed E-state index contributed by atoms with van der Waals surface area (Å²) in [6.45, 7) is 6.17. The number of rotatable bonds is 16. The number of benzene rings is 2. The molecular weight excluding hydrogens is 430 g/mol. The van der Waals surface area contributed by atoms with Crippen LogP contribution >= 0.6 is 11.6 Å². The minimum atomic E-state index is 0.234. The normalized spacial score (nSPS) is 11.4. The average molecular weight is 470 g/mol. The van der Waals surface area contributed by atoms with Gasteiger partial charge in [0.05, 0.1) is 11.4 Å². The Morgan fingerprint density at radius 2 is 1.42 bits per heavy atom. The summed E-state index contributed by atoms with van der Waals surface area (Å²) in [5.41, 5.74) is 5.91. The summed E-state index contributed by atoms with van der Waals surface area (Å²) in [5, 5.41) is 5.34. The number of anilines is 1. The van der Waals surface area contributed by atoms with E-state index in [1.54, 1.807) is 0 Å². The molecule has 2 aromatic carbocycles. The van der Waals surface area contributed by atoms with Gasteiger partial charge in [0.2, 0.25) is 5.91 Å². The number of amides is 1. The number of halogens is 1. The van der Waals surface area contributed by atoms with Crippen LogP contribution in [0.5, 0.6) is 0 Å². The molecule has 0 saturated heterocycles. The molecule has 1 amide bonds. The van der Waals surface area contributed by atoms with E-state index in [4.69, 9.17) is 11.6 Å². The Balaban J connectivity index is 2.02. The molecule has 180 valence electrons. The van der Waals surface area contributed by atoms with Crippen molar-refractivity contribution in [1.82, 2.24) is 4.90 Å². The van der Waals surface area contributed by atoms with E-state index in [1.165, 1.54) is 38.5 Å². The standard InChI is InChI=1S/C28H40ClN3O/c1-3-5-7-12-22-32(23-13-8-6-4-2)28(33)21-20-27(24-14-10-9-11-15-24)31-30-26-18-16-25(29)17-19-26/h9-11,14-19,30H,3-8,12-13,20-23H2,1-2H3/b31-27-. The van der Waals surface area contributed by atoms with Crippen LogP contribution in [-0.2, 0) is 4.79 Å². The van der Waals surface area contributed by atoms with E-state index in [-0.39, 0.29) is 5.91 Å². The number of nitrogens with one attached hydrogen (secondary N) is 1. The van der Waals surface area contributed by atoms with Gasteiger partial charge in [-0.3, -0.25) is 10.2 Å². The SMILES string of the molecule is CCCCCCN(CCCCCC)C(=O)CC/C(=N/Nc1ccc(Cl)cc1)c1ccccc1. The molecule has 0 bridgehead atoms. The topological polar surface area (TPSA) is 44.7 Å². The van der Waals surface area contributed by atoms with E-state index in [0.29, 0.717) is 17.9 Å². The highest BCUT2D eigenvalue weighted by molar-refractivity contribution is 6.30. The number of unbranched alkanes of at least 4 members (excludes halogenated alkanes) is 6. The van der Waals surface area contributed by atoms with Crippen molar-refractivity contribution in [2.75, 3.05) is 18.5 Å². The second kappa shape index (κ2) is 16.3. The van der Waals surface area contributed by atoms with Gasteiger partial charge in [-0.25, -0.2) is 0 Å². The van der Waals surface area contributed by atoms with Gasteiger partial charge in [-0.1, -0.05) is 94.3 Å². The summed E-state index contributed by atoms with van der Waals surface area (Å²) in [4.78, 5) is 15.2. The van der Waals surface area contributed by atoms with Gasteiger partial charge in [-0.05, 0) is 42.7 Å². The molecule has 2 aromatic rings. The number of carbonyl (C=O) groups is 1. The fourth-order valence-corrected chi connectivity index (χ4v) is 3.88. The summed E-state index contributed by atoms with van der Waals surface area (Å²) < 4.78 is 0. The first-order valence-electron chi connectivity index (χ1n) is 12.5. The van der Waals surface area contributed by atoms with Gasteiger partial charge in [0, 0.05) is 31.0 Å². The molecule has 0 aromatic heterocycles. The Labute approximate surface area is 205 Å². The van der Waals surface area contributed by atoms with Gasteiger partial charge in [0.25, 0.3) is 0 Å². The Morgan fingerprint density at radius 3 is 2.00 bits per heavy atom. The number of carbonyl (C=O) groups excluding carboxylic acids is 1. The molecule has 33 heavy (non-hydrogen) atoms. The van der Waals surface area contributed by atoms with Crippen molar-refractivity contribution >= 4 is 28.9 Å². The molecule has 0 heterocycles. The lowest BCUT2D eigenvalue weighted by atomic mass is 10.0. The monoisotopic (exact) mass is 469 g/mol. The maximum atomic E-state index is 13.2. The zero-order valence-corrected chi connectivity index (χ0v) is 21.1. The summed E-state index contributed by atoms with van der Waals surface area (Å²) >= 11 is 5.99. The molecule has 2 rings (SSSR count). The van der Waals surface area contributed by atoms with Crippen LogP contribution in [0, 0.1) is 0 Å². The fraction of sp³-hybridized carbons (Fsp3) is 0.500. The summed E-state index contributed by atoms with van der Waals surface area (Å²) in [6.07, 6.45) is 10.5. The summed E-state index contributed by atoms with van der Waals surface area (Å²) in [7, 11) is 0. The van der Waals surface area contributed by atoms with E-state index in [0.717, 1.165) is 42.9 Å². The van der Waals surface area contributed by atoms with Crippen LogP contribution < -0.4 is 5.43 Å². The van der Waals surface area contributed by atoms with Crippen molar-refractivity contribution < 1.29 is 4.79 Å². The van der Waals surface area contributed by atoms with Gasteiger partial charge < -0.3 is 4.90 Å². The van der Waals surface area contributed by atoms with Crippen LogP contribution in [0.4, 0.5) is 5.69 Å². The van der Waals surface area contributed by atoms with Crippen molar-refractivity contribution in [2.24, 2.45) is 5.10 Å². The van der Waals surface area contributed by atoms with Crippen LogP contribution in [0.3, 0.4) is 0 Å². The molecule has 0 atom stereocenters. The highest BCUT2D eigenvalue weighted by Gasteiger charge is 2.15. The van der Waals surface area contributed by atoms with Crippen LogP contribution in [0.2, 0.25) is 5.02 Å². The minimum absolute atomic E-state index is 0.234. The Bertz CT molecular complexity index is 809. The molecule has 0 aliphatic carbocycles. The predicted molar refractivity (Wildman–Crippen MR) is 142 cm³/mol. The average Bonchev–Trinajstić information content (AvgIpc) is 2.84. The van der Waals surface area contributed by atoms with E-state index in [9.17, 15) is 4.79 Å². The zero-order chi connectivity index (χ0) is 23.7. The maximum Gasteiger partial charge on any atom is 0.222 e. The van der Waals surface area contributed by atoms with Gasteiger partial charge in [-0.15, -0.1) is 0 Å². The first-order valence-corrected chi connectivity index (χ1v) is 12.9. The van der Waals surface area contributed by atoms with E-state index in [1.807, 2.05) is 54.6 Å². The van der Waals surface area contributed by atoms with Crippen LogP contribution in [0.15, 0.2) is 59.7 Å². The number of nitrogens with zero attached hydrogens (tertiary/aromatic N) is 2. The lowest BCUT2D eigenvalue weighted by Crippen LogP contribution is -2.33. The first kappa shape index (κ1) is 26.9. The number of hydrazone groups is 1. The second-order valence-corrected chi connectivity index (χ2v) is 8.98. The third-order valence-electron chi connectivity index (χ3n) is 5.76. The Morgan fingerprint density at radius 1 is 0.818 bits per heavy atom. The highest BCUT2D eigenvalue weighted by Crippen LogP contribution is 2.15.